The maximum absolute atomic E-state index is 12.5. The maximum atomic E-state index is 12.5. The van der Waals surface area contributed by atoms with Gasteiger partial charge in [0.2, 0.25) is 0 Å². The van der Waals surface area contributed by atoms with Gasteiger partial charge in [0.1, 0.15) is 17.6 Å². The van der Waals surface area contributed by atoms with Crippen molar-refractivity contribution in [3.05, 3.63) is 23.9 Å². The van der Waals surface area contributed by atoms with E-state index in [1.165, 1.54) is 12.1 Å². The Morgan fingerprint density at radius 1 is 1.50 bits per heavy atom. The second-order valence-electron chi connectivity index (χ2n) is 4.81. The SMILES string of the molecule is CC(OCC1CC1)C(=O)Nc1cccc(C(F)(F)F)n1. The van der Waals surface area contributed by atoms with E-state index in [1.807, 2.05) is 0 Å². The van der Waals surface area contributed by atoms with Crippen molar-refractivity contribution in [1.82, 2.24) is 4.98 Å². The average molecular weight is 288 g/mol. The standard InChI is InChI=1S/C13H15F3N2O2/c1-8(20-7-9-5-6-9)12(19)18-11-4-2-3-10(17-11)13(14,15)16/h2-4,8-9H,5-7H2,1H3,(H,17,18,19). The molecule has 0 bridgehead atoms. The summed E-state index contributed by atoms with van der Waals surface area (Å²) >= 11 is 0. The Morgan fingerprint density at radius 2 is 2.20 bits per heavy atom. The van der Waals surface area contributed by atoms with E-state index < -0.39 is 23.9 Å². The molecule has 0 radical (unpaired) electrons. The van der Waals surface area contributed by atoms with Crippen LogP contribution in [0, 0.1) is 5.92 Å². The van der Waals surface area contributed by atoms with Crippen LogP contribution < -0.4 is 5.32 Å². The van der Waals surface area contributed by atoms with E-state index in [1.54, 1.807) is 6.92 Å². The lowest BCUT2D eigenvalue weighted by Crippen LogP contribution is -2.29. The first-order valence-corrected chi connectivity index (χ1v) is 6.33. The molecule has 110 valence electrons. The fraction of sp³-hybridized carbons (Fsp3) is 0.538. The molecule has 1 aromatic heterocycles. The quantitative estimate of drug-likeness (QED) is 0.906. The molecule has 1 aliphatic rings. The van der Waals surface area contributed by atoms with Crippen molar-refractivity contribution in [2.75, 3.05) is 11.9 Å². The first-order valence-electron chi connectivity index (χ1n) is 6.33. The van der Waals surface area contributed by atoms with Crippen LogP contribution in [0.5, 0.6) is 0 Å². The van der Waals surface area contributed by atoms with Crippen LogP contribution in [0.4, 0.5) is 19.0 Å². The molecule has 1 unspecified atom stereocenters. The number of nitrogens with one attached hydrogen (secondary N) is 1. The minimum atomic E-state index is -4.53. The predicted octanol–water partition coefficient (Wildman–Crippen LogP) is 2.85. The van der Waals surface area contributed by atoms with Gasteiger partial charge in [-0.25, -0.2) is 4.98 Å². The lowest BCUT2D eigenvalue weighted by atomic mass is 10.3. The van der Waals surface area contributed by atoms with Crippen LogP contribution >= 0.6 is 0 Å². The Bertz CT molecular complexity index is 487. The van der Waals surface area contributed by atoms with Gasteiger partial charge in [-0.2, -0.15) is 13.2 Å². The summed E-state index contributed by atoms with van der Waals surface area (Å²) in [6.45, 7) is 2.07. The predicted molar refractivity (Wildman–Crippen MR) is 66.0 cm³/mol. The molecule has 0 spiro atoms. The Morgan fingerprint density at radius 3 is 2.80 bits per heavy atom. The van der Waals surface area contributed by atoms with Gasteiger partial charge < -0.3 is 10.1 Å². The monoisotopic (exact) mass is 288 g/mol. The summed E-state index contributed by atoms with van der Waals surface area (Å²) < 4.78 is 42.8. The molecule has 20 heavy (non-hydrogen) atoms. The van der Waals surface area contributed by atoms with Gasteiger partial charge in [-0.3, -0.25) is 4.79 Å². The number of aromatic nitrogens is 1. The Labute approximate surface area is 114 Å². The van der Waals surface area contributed by atoms with Gasteiger partial charge >= 0.3 is 6.18 Å². The molecular weight excluding hydrogens is 273 g/mol. The van der Waals surface area contributed by atoms with Crippen LogP contribution in [0.25, 0.3) is 0 Å². The first kappa shape index (κ1) is 14.8. The number of carbonyl (C=O) groups is 1. The number of nitrogens with zero attached hydrogens (tertiary/aromatic N) is 1. The molecule has 0 saturated heterocycles. The zero-order valence-electron chi connectivity index (χ0n) is 10.9. The number of ether oxygens (including phenoxy) is 1. The fourth-order valence-corrected chi connectivity index (χ4v) is 1.53. The Balaban J connectivity index is 1.92. The molecule has 1 atom stereocenters. The van der Waals surface area contributed by atoms with Crippen molar-refractivity contribution in [2.24, 2.45) is 5.92 Å². The van der Waals surface area contributed by atoms with Crippen LogP contribution in [-0.2, 0) is 15.7 Å². The fourth-order valence-electron chi connectivity index (χ4n) is 1.53. The number of hydrogen-bond donors (Lipinski definition) is 1. The largest absolute Gasteiger partial charge is 0.433 e. The molecule has 7 heteroatoms. The van der Waals surface area contributed by atoms with Crippen molar-refractivity contribution in [2.45, 2.75) is 32.0 Å². The second kappa shape index (κ2) is 5.78. The number of pyridine rings is 1. The summed E-state index contributed by atoms with van der Waals surface area (Å²) in [6.07, 6.45) is -3.05. The maximum Gasteiger partial charge on any atom is 0.433 e. The summed E-state index contributed by atoms with van der Waals surface area (Å²) in [4.78, 5) is 15.1. The Kier molecular flexibility index (Phi) is 4.27. The average Bonchev–Trinajstić information content (AvgIpc) is 3.19. The van der Waals surface area contributed by atoms with Gasteiger partial charge in [-0.05, 0) is 37.8 Å². The minimum Gasteiger partial charge on any atom is -0.368 e. The third-order valence-corrected chi connectivity index (χ3v) is 2.94. The highest BCUT2D eigenvalue weighted by molar-refractivity contribution is 5.93. The van der Waals surface area contributed by atoms with Crippen LogP contribution in [-0.4, -0.2) is 23.6 Å². The van der Waals surface area contributed by atoms with E-state index in [0.717, 1.165) is 18.9 Å². The highest BCUT2D eigenvalue weighted by Crippen LogP contribution is 2.29. The molecule has 1 fully saturated rings. The summed E-state index contributed by atoms with van der Waals surface area (Å²) in [5, 5.41) is 2.32. The lowest BCUT2D eigenvalue weighted by molar-refractivity contribution is -0.141. The highest BCUT2D eigenvalue weighted by Gasteiger charge is 2.32. The number of hydrogen-bond acceptors (Lipinski definition) is 3. The summed E-state index contributed by atoms with van der Waals surface area (Å²) in [5.41, 5.74) is -1.04. The molecule has 0 aromatic carbocycles. The van der Waals surface area contributed by atoms with Crippen molar-refractivity contribution < 1.29 is 22.7 Å². The van der Waals surface area contributed by atoms with Gasteiger partial charge in [-0.15, -0.1) is 0 Å². The summed E-state index contributed by atoms with van der Waals surface area (Å²) in [5.74, 6) is -0.124. The van der Waals surface area contributed by atoms with E-state index in [-0.39, 0.29) is 5.82 Å². The van der Waals surface area contributed by atoms with Gasteiger partial charge in [0.05, 0.1) is 6.61 Å². The molecule has 1 amide bonds. The van der Waals surface area contributed by atoms with E-state index in [2.05, 4.69) is 10.3 Å². The van der Waals surface area contributed by atoms with Crippen LogP contribution in [0.3, 0.4) is 0 Å². The molecule has 1 aromatic rings. The zero-order valence-corrected chi connectivity index (χ0v) is 10.9. The van der Waals surface area contributed by atoms with Crippen molar-refractivity contribution in [1.29, 1.82) is 0 Å². The molecule has 1 saturated carbocycles. The summed E-state index contributed by atoms with van der Waals surface area (Å²) in [6, 6.07) is 3.35. The number of carbonyl (C=O) groups excluding carboxylic acids is 1. The van der Waals surface area contributed by atoms with Gasteiger partial charge in [0, 0.05) is 0 Å². The molecule has 1 heterocycles. The third-order valence-electron chi connectivity index (χ3n) is 2.94. The number of amides is 1. The van der Waals surface area contributed by atoms with E-state index >= 15 is 0 Å². The normalized spacial score (nSPS) is 16.8. The van der Waals surface area contributed by atoms with Crippen molar-refractivity contribution in [3.63, 3.8) is 0 Å². The second-order valence-corrected chi connectivity index (χ2v) is 4.81. The molecule has 0 aliphatic heterocycles. The molecule has 1 N–H and O–H groups in total. The van der Waals surface area contributed by atoms with E-state index in [9.17, 15) is 18.0 Å². The smallest absolute Gasteiger partial charge is 0.368 e. The zero-order chi connectivity index (χ0) is 14.8. The van der Waals surface area contributed by atoms with Gasteiger partial charge in [-0.1, -0.05) is 6.07 Å². The minimum absolute atomic E-state index is 0.133. The third kappa shape index (κ3) is 4.19. The lowest BCUT2D eigenvalue weighted by Gasteiger charge is -2.13. The van der Waals surface area contributed by atoms with E-state index in [4.69, 9.17) is 4.74 Å². The highest BCUT2D eigenvalue weighted by atomic mass is 19.4. The number of halogens is 3. The van der Waals surface area contributed by atoms with Crippen LogP contribution in [0.2, 0.25) is 0 Å². The first-order chi connectivity index (χ1) is 9.36. The van der Waals surface area contributed by atoms with Crippen LogP contribution in [0.15, 0.2) is 18.2 Å². The number of anilines is 1. The number of rotatable bonds is 5. The molecule has 2 rings (SSSR count). The van der Waals surface area contributed by atoms with Crippen molar-refractivity contribution in [3.8, 4) is 0 Å². The van der Waals surface area contributed by atoms with Crippen molar-refractivity contribution >= 4 is 11.7 Å². The molecule has 1 aliphatic carbocycles. The topological polar surface area (TPSA) is 51.2 Å². The van der Waals surface area contributed by atoms with E-state index in [0.29, 0.717) is 12.5 Å². The van der Waals surface area contributed by atoms with Crippen LogP contribution in [0.1, 0.15) is 25.5 Å². The summed E-state index contributed by atoms with van der Waals surface area (Å²) in [7, 11) is 0. The number of alkyl halides is 3. The molecule has 4 nitrogen and oxygen atoms in total. The van der Waals surface area contributed by atoms with Gasteiger partial charge in [0.25, 0.3) is 5.91 Å². The molecular formula is C13H15F3N2O2. The van der Waals surface area contributed by atoms with Gasteiger partial charge in [0.15, 0.2) is 0 Å². The Hall–Kier alpha value is -1.63.